The number of hydrogen-bond donors (Lipinski definition) is 1. The molecule has 0 fully saturated rings. The Morgan fingerprint density at radius 2 is 2.04 bits per heavy atom. The van der Waals surface area contributed by atoms with E-state index in [2.05, 4.69) is 10.3 Å². The lowest BCUT2D eigenvalue weighted by Crippen LogP contribution is -2.24. The molecule has 1 N–H and O–H groups in total. The fourth-order valence-corrected chi connectivity index (χ4v) is 4.38. The smallest absolute Gasteiger partial charge is 0.226 e. The minimum Gasteiger partial charge on any atom is -0.497 e. The molecule has 140 valence electrons. The number of carbonyl (C=O) groups excluding carboxylic acids is 1. The Kier molecular flexibility index (Phi) is 7.15. The maximum absolute atomic E-state index is 12.1. The Bertz CT molecular complexity index is 897. The van der Waals surface area contributed by atoms with Crippen molar-refractivity contribution in [1.29, 1.82) is 0 Å². The Morgan fingerprint density at radius 1 is 1.22 bits per heavy atom. The molecule has 0 bridgehead atoms. The summed E-state index contributed by atoms with van der Waals surface area (Å²) in [5, 5.41) is 5.60. The first kappa shape index (κ1) is 19.7. The summed E-state index contributed by atoms with van der Waals surface area (Å²) in [5.74, 6) is 1.56. The molecule has 27 heavy (non-hydrogen) atoms. The number of amides is 1. The molecule has 7 heteroatoms. The highest BCUT2D eigenvalue weighted by Gasteiger charge is 2.09. The Morgan fingerprint density at radius 3 is 2.78 bits per heavy atom. The van der Waals surface area contributed by atoms with E-state index in [1.54, 1.807) is 30.2 Å². The van der Waals surface area contributed by atoms with Gasteiger partial charge in [-0.15, -0.1) is 11.3 Å². The van der Waals surface area contributed by atoms with Crippen LogP contribution in [0.25, 0.3) is 0 Å². The molecule has 0 aliphatic carbocycles. The number of nitrogens with zero attached hydrogens (tertiary/aromatic N) is 1. The lowest BCUT2D eigenvalue weighted by molar-refractivity contribution is -0.120. The highest BCUT2D eigenvalue weighted by atomic mass is 35.5. The van der Waals surface area contributed by atoms with Crippen LogP contribution in [0.5, 0.6) is 5.75 Å². The van der Waals surface area contributed by atoms with Gasteiger partial charge in [0, 0.05) is 22.7 Å². The second kappa shape index (κ2) is 9.78. The number of thioether (sulfide) groups is 1. The number of halogens is 1. The number of ether oxygens (including phenoxy) is 1. The van der Waals surface area contributed by atoms with Crippen LogP contribution in [-0.4, -0.2) is 18.0 Å². The largest absolute Gasteiger partial charge is 0.497 e. The van der Waals surface area contributed by atoms with E-state index in [4.69, 9.17) is 16.3 Å². The van der Waals surface area contributed by atoms with Crippen LogP contribution >= 0.6 is 34.7 Å². The molecular weight excluding hydrogens is 400 g/mol. The van der Waals surface area contributed by atoms with Crippen molar-refractivity contribution in [2.45, 2.75) is 23.1 Å². The molecule has 0 aliphatic heterocycles. The average Bonchev–Trinajstić information content (AvgIpc) is 3.12. The Hall–Kier alpha value is -2.02. The van der Waals surface area contributed by atoms with Gasteiger partial charge in [0.2, 0.25) is 5.91 Å². The van der Waals surface area contributed by atoms with E-state index in [1.807, 2.05) is 53.9 Å². The monoisotopic (exact) mass is 418 g/mol. The summed E-state index contributed by atoms with van der Waals surface area (Å²) in [6.07, 6.45) is 0.282. The topological polar surface area (TPSA) is 51.2 Å². The Labute approximate surface area is 171 Å². The Balaban J connectivity index is 1.45. The van der Waals surface area contributed by atoms with Crippen molar-refractivity contribution in [3.8, 4) is 5.75 Å². The zero-order valence-corrected chi connectivity index (χ0v) is 17.2. The summed E-state index contributed by atoms with van der Waals surface area (Å²) in [6.45, 7) is 0.489. The molecule has 0 spiro atoms. The second-order valence-corrected chi connectivity index (χ2v) is 8.34. The van der Waals surface area contributed by atoms with Crippen molar-refractivity contribution in [3.63, 3.8) is 0 Å². The van der Waals surface area contributed by atoms with Gasteiger partial charge in [-0.2, -0.15) is 0 Å². The number of methoxy groups -OCH3 is 1. The van der Waals surface area contributed by atoms with Gasteiger partial charge in [0.15, 0.2) is 0 Å². The van der Waals surface area contributed by atoms with E-state index in [0.717, 1.165) is 37.7 Å². The summed E-state index contributed by atoms with van der Waals surface area (Å²) in [6, 6.07) is 15.4. The summed E-state index contributed by atoms with van der Waals surface area (Å²) < 4.78 is 6.08. The molecule has 0 saturated carbocycles. The van der Waals surface area contributed by atoms with Crippen LogP contribution in [0.2, 0.25) is 5.02 Å². The van der Waals surface area contributed by atoms with Gasteiger partial charge in [-0.1, -0.05) is 47.6 Å². The van der Waals surface area contributed by atoms with E-state index < -0.39 is 0 Å². The van der Waals surface area contributed by atoms with E-state index in [-0.39, 0.29) is 12.3 Å². The van der Waals surface area contributed by atoms with Gasteiger partial charge in [-0.25, -0.2) is 4.98 Å². The molecule has 1 amide bonds. The van der Waals surface area contributed by atoms with Gasteiger partial charge in [-0.3, -0.25) is 4.79 Å². The van der Waals surface area contributed by atoms with Crippen LogP contribution in [0.4, 0.5) is 0 Å². The molecule has 2 aromatic carbocycles. The van der Waals surface area contributed by atoms with Crippen LogP contribution in [0.1, 0.15) is 16.8 Å². The molecule has 0 atom stereocenters. The summed E-state index contributed by atoms with van der Waals surface area (Å²) in [5.41, 5.74) is 2.97. The van der Waals surface area contributed by atoms with Gasteiger partial charge < -0.3 is 10.1 Å². The maximum atomic E-state index is 12.1. The minimum absolute atomic E-state index is 0.0393. The predicted octanol–water partition coefficient (Wildman–Crippen LogP) is 4.96. The highest BCUT2D eigenvalue weighted by molar-refractivity contribution is 8.00. The standard InChI is InChI=1S/C20H19ClN2O2S2/c1-25-18-7-5-14(6-8-18)11-22-19(24)10-17-13-27-20(23-17)26-12-15-3-2-4-16(21)9-15/h2-9,13H,10-12H2,1H3,(H,22,24). The number of rotatable bonds is 8. The molecule has 0 unspecified atom stereocenters. The number of carbonyl (C=O) groups is 1. The van der Waals surface area contributed by atoms with E-state index in [9.17, 15) is 4.79 Å². The lowest BCUT2D eigenvalue weighted by Gasteiger charge is -2.05. The molecular formula is C20H19ClN2O2S2. The van der Waals surface area contributed by atoms with Crippen LogP contribution in [0.15, 0.2) is 58.3 Å². The lowest BCUT2D eigenvalue weighted by atomic mass is 10.2. The second-order valence-electron chi connectivity index (χ2n) is 5.82. The van der Waals surface area contributed by atoms with Crippen molar-refractivity contribution >= 4 is 40.6 Å². The van der Waals surface area contributed by atoms with E-state index in [1.165, 1.54) is 0 Å². The van der Waals surface area contributed by atoms with Crippen molar-refractivity contribution in [2.24, 2.45) is 0 Å². The normalized spacial score (nSPS) is 10.6. The third-order valence-corrected chi connectivity index (χ3v) is 6.15. The van der Waals surface area contributed by atoms with Crippen LogP contribution < -0.4 is 10.1 Å². The van der Waals surface area contributed by atoms with Crippen molar-refractivity contribution in [3.05, 3.63) is 75.8 Å². The number of nitrogens with one attached hydrogen (secondary N) is 1. The molecule has 0 saturated heterocycles. The summed E-state index contributed by atoms with van der Waals surface area (Å²) in [7, 11) is 1.63. The van der Waals surface area contributed by atoms with Crippen LogP contribution in [0.3, 0.4) is 0 Å². The fraction of sp³-hybridized carbons (Fsp3) is 0.200. The third-order valence-electron chi connectivity index (χ3n) is 3.77. The fourth-order valence-electron chi connectivity index (χ4n) is 2.38. The van der Waals surface area contributed by atoms with E-state index >= 15 is 0 Å². The quantitative estimate of drug-likeness (QED) is 0.525. The zero-order valence-electron chi connectivity index (χ0n) is 14.8. The van der Waals surface area contributed by atoms with Crippen molar-refractivity contribution < 1.29 is 9.53 Å². The summed E-state index contributed by atoms with van der Waals surface area (Å²) >= 11 is 9.21. The molecule has 4 nitrogen and oxygen atoms in total. The van der Waals surface area contributed by atoms with Crippen LogP contribution in [0, 0.1) is 0 Å². The van der Waals surface area contributed by atoms with Crippen LogP contribution in [-0.2, 0) is 23.5 Å². The molecule has 0 radical (unpaired) electrons. The zero-order chi connectivity index (χ0) is 19.1. The molecule has 3 aromatic rings. The molecule has 1 heterocycles. The van der Waals surface area contributed by atoms with E-state index in [0.29, 0.717) is 6.54 Å². The average molecular weight is 419 g/mol. The maximum Gasteiger partial charge on any atom is 0.226 e. The SMILES string of the molecule is COc1ccc(CNC(=O)Cc2csc(SCc3cccc(Cl)c3)n2)cc1. The number of benzene rings is 2. The molecule has 0 aliphatic rings. The van der Waals surface area contributed by atoms with Gasteiger partial charge in [0.1, 0.15) is 10.1 Å². The van der Waals surface area contributed by atoms with Gasteiger partial charge in [-0.05, 0) is 35.4 Å². The first-order valence-electron chi connectivity index (χ1n) is 8.33. The van der Waals surface area contributed by atoms with Gasteiger partial charge in [0.25, 0.3) is 0 Å². The molecule has 1 aromatic heterocycles. The first-order valence-corrected chi connectivity index (χ1v) is 10.6. The first-order chi connectivity index (χ1) is 13.1. The number of thiazole rings is 1. The van der Waals surface area contributed by atoms with Gasteiger partial charge >= 0.3 is 0 Å². The molecule has 3 rings (SSSR count). The highest BCUT2D eigenvalue weighted by Crippen LogP contribution is 2.27. The van der Waals surface area contributed by atoms with Gasteiger partial charge in [0.05, 0.1) is 19.2 Å². The third kappa shape index (κ3) is 6.27. The van der Waals surface area contributed by atoms with Crippen molar-refractivity contribution in [1.82, 2.24) is 10.3 Å². The minimum atomic E-state index is -0.0393. The predicted molar refractivity (Wildman–Crippen MR) is 112 cm³/mol. The summed E-state index contributed by atoms with van der Waals surface area (Å²) in [4.78, 5) is 16.7. The number of aromatic nitrogens is 1. The van der Waals surface area contributed by atoms with Crippen molar-refractivity contribution in [2.75, 3.05) is 7.11 Å². The number of hydrogen-bond acceptors (Lipinski definition) is 5.